The van der Waals surface area contributed by atoms with Crippen molar-refractivity contribution >= 4 is 37.4 Å². The van der Waals surface area contributed by atoms with Gasteiger partial charge in [0.25, 0.3) is 5.91 Å². The van der Waals surface area contributed by atoms with Crippen molar-refractivity contribution in [2.45, 2.75) is 101 Å². The van der Waals surface area contributed by atoms with Crippen LogP contribution in [0.1, 0.15) is 79.8 Å². The Hall–Kier alpha value is -2.26. The third-order valence-electron chi connectivity index (χ3n) is 13.6. The van der Waals surface area contributed by atoms with Crippen LogP contribution in [0.15, 0.2) is 102 Å². The van der Waals surface area contributed by atoms with E-state index < -0.39 is 128 Å². The van der Waals surface area contributed by atoms with Gasteiger partial charge in [0, 0.05) is 125 Å². The number of carbonyl (C=O) groups is 5. The van der Waals surface area contributed by atoms with Crippen LogP contribution in [0.3, 0.4) is 0 Å². The predicted octanol–water partition coefficient (Wildman–Crippen LogP) is 3.26. The smallest absolute Gasteiger partial charge is 0.455 e. The SMILES string of the molecule is CC(=O)OC(C(=O)OC1CC2(O)C(OC(=O)c3ccccc3)C3C4(O)COC4CC(OCOP(=O)(O)O)[C@@]3(C)C(=O)C(O)C(=C1C)C2(C)C)C(NC(=O)c1ccccc1)c1ccccc1.[Ac].[Ac]. The minimum Gasteiger partial charge on any atom is -0.455 e. The Morgan fingerprint density at radius 1 is 0.881 bits per heavy atom. The number of carbonyl (C=O) groups excluding carboxylic acids is 5. The second-order valence-electron chi connectivity index (χ2n) is 17.7. The van der Waals surface area contributed by atoms with E-state index in [0.717, 1.165) is 6.92 Å². The van der Waals surface area contributed by atoms with Gasteiger partial charge in [-0.05, 0) is 54.8 Å². The number of esters is 3. The molecular formula is C46H52Ac2NO17P. The Morgan fingerprint density at radius 2 is 1.45 bits per heavy atom. The van der Waals surface area contributed by atoms with E-state index >= 15 is 4.79 Å². The molecule has 18 nitrogen and oxygen atoms in total. The topological polar surface area (TPSA) is 271 Å². The van der Waals surface area contributed by atoms with Gasteiger partial charge in [0.15, 0.2) is 12.6 Å². The number of amides is 1. The second kappa shape index (κ2) is 21.6. The van der Waals surface area contributed by atoms with E-state index in [1.54, 1.807) is 78.9 Å². The number of aliphatic hydroxyl groups is 3. The van der Waals surface area contributed by atoms with Crippen molar-refractivity contribution in [3.63, 3.8) is 0 Å². The summed E-state index contributed by atoms with van der Waals surface area (Å²) in [7, 11) is -5.10. The number of nitrogens with one attached hydrogen (secondary N) is 1. The van der Waals surface area contributed by atoms with E-state index in [9.17, 15) is 48.8 Å². The molecule has 10 unspecified atom stereocenters. The average Bonchev–Trinajstić information content (AvgIpc) is 3.26. The molecule has 6 N–H and O–H groups in total. The van der Waals surface area contributed by atoms with Crippen molar-refractivity contribution in [2.75, 3.05) is 13.4 Å². The van der Waals surface area contributed by atoms with E-state index in [1.807, 2.05) is 0 Å². The fraction of sp³-hybridized carbons (Fsp3) is 0.457. The van der Waals surface area contributed by atoms with Gasteiger partial charge in [-0.15, -0.1) is 0 Å². The van der Waals surface area contributed by atoms with Gasteiger partial charge in [0.1, 0.15) is 35.6 Å². The number of phosphoric ester groups is 1. The van der Waals surface area contributed by atoms with Crippen LogP contribution in [0.4, 0.5) is 0 Å². The van der Waals surface area contributed by atoms with Gasteiger partial charge in [0.2, 0.25) is 6.10 Å². The molecule has 3 aromatic carbocycles. The zero-order chi connectivity index (χ0) is 47.3. The Balaban J connectivity index is 0.00000420. The molecule has 1 aliphatic heterocycles. The molecule has 0 aromatic heterocycles. The van der Waals surface area contributed by atoms with Gasteiger partial charge in [-0.25, -0.2) is 14.2 Å². The summed E-state index contributed by atoms with van der Waals surface area (Å²) in [5, 5.41) is 41.4. The molecular weight excluding hydrogens is 1320 g/mol. The molecule has 3 aromatic rings. The number of phosphoric acid groups is 1. The molecule has 3 fully saturated rings. The Labute approximate surface area is 458 Å². The summed E-state index contributed by atoms with van der Waals surface area (Å²) < 4.78 is 46.0. The molecule has 1 heterocycles. The Kier molecular flexibility index (Phi) is 18.0. The van der Waals surface area contributed by atoms with Gasteiger partial charge >= 0.3 is 25.7 Å². The summed E-state index contributed by atoms with van der Waals surface area (Å²) in [6.07, 6.45) is -10.9. The first-order valence-electron chi connectivity index (χ1n) is 20.9. The fourth-order valence-electron chi connectivity index (χ4n) is 10.2. The summed E-state index contributed by atoms with van der Waals surface area (Å²) in [5.74, 6) is -6.39. The maximum Gasteiger partial charge on any atom is 0.471 e. The molecule has 7 rings (SSSR count). The molecule has 2 saturated carbocycles. The maximum absolute atomic E-state index is 15.3. The average molecular weight is 1380 g/mol. The van der Waals surface area contributed by atoms with E-state index in [1.165, 1.54) is 39.8 Å². The van der Waals surface area contributed by atoms with Crippen molar-refractivity contribution in [1.82, 2.24) is 5.32 Å². The Morgan fingerprint density at radius 3 is 1.99 bits per heavy atom. The number of Topliss-reactive ketones (excluding diaryl/α,β-unsaturated/α-hetero) is 1. The second-order valence-corrected chi connectivity index (χ2v) is 18.9. The molecule has 1 saturated heterocycles. The van der Waals surface area contributed by atoms with Crippen molar-refractivity contribution < 1.29 is 170 Å². The van der Waals surface area contributed by atoms with Crippen LogP contribution in [-0.4, -0.2) is 116 Å². The first kappa shape index (κ1) is 55.7. The number of ketones is 1. The van der Waals surface area contributed by atoms with Gasteiger partial charge < -0.3 is 54.1 Å². The number of fused-ring (bicyclic) bond motifs is 5. The van der Waals surface area contributed by atoms with Crippen LogP contribution < -0.4 is 5.32 Å². The van der Waals surface area contributed by atoms with Crippen molar-refractivity contribution in [2.24, 2.45) is 16.7 Å². The molecule has 3 aliphatic carbocycles. The predicted molar refractivity (Wildman–Crippen MR) is 225 cm³/mol. The summed E-state index contributed by atoms with van der Waals surface area (Å²) in [4.78, 5) is 89.4. The van der Waals surface area contributed by atoms with Crippen molar-refractivity contribution in [1.29, 1.82) is 0 Å². The van der Waals surface area contributed by atoms with Gasteiger partial charge in [-0.1, -0.05) is 80.6 Å². The number of hydrogen-bond acceptors (Lipinski definition) is 15. The minimum absolute atomic E-state index is 0. The van der Waals surface area contributed by atoms with E-state index in [4.69, 9.17) is 23.7 Å². The standard InChI is InChI=1S/C46H52NO17P.2Ac/c1-25-30(63-42(53)36(62-26(2)48)34(27-15-9-6-10-16-27)47-40(51)28-17-11-7-12-18-28)22-46(55)39(64-41(52)29-19-13-8-14-20-29)37-44(5,38(50)35(49)33(25)43(46,3)4)31(60-24-61-65(56,57)58)21-32-45(37,54)23-59-32;;/h6-20,30-32,34-37,39,49,54-55H,21-24H2,1-5H3,(H,47,51)(H2,56,57,58);;/t30?,31?,32?,34?,35?,36?,37?,39?,44-,45?,46?;;/m1../s1. The molecule has 354 valence electrons. The molecule has 2 bridgehead atoms. The monoisotopic (exact) mass is 1380 g/mol. The summed E-state index contributed by atoms with van der Waals surface area (Å²) >= 11 is 0. The van der Waals surface area contributed by atoms with E-state index in [0.29, 0.717) is 5.56 Å². The Bertz CT molecular complexity index is 2400. The zero-order valence-corrected chi connectivity index (χ0v) is 47.7. The van der Waals surface area contributed by atoms with Crippen LogP contribution in [0, 0.1) is 105 Å². The maximum atomic E-state index is 15.3. The van der Waals surface area contributed by atoms with Gasteiger partial charge in [-0.3, -0.25) is 18.9 Å². The number of rotatable bonds is 13. The zero-order valence-electron chi connectivity index (χ0n) is 37.3. The van der Waals surface area contributed by atoms with Crippen molar-refractivity contribution in [3.8, 4) is 0 Å². The van der Waals surface area contributed by atoms with Crippen molar-refractivity contribution in [3.05, 3.63) is 119 Å². The van der Waals surface area contributed by atoms with Crippen LogP contribution in [0.2, 0.25) is 0 Å². The minimum atomic E-state index is -5.10. The normalized spacial score (nSPS) is 30.4. The quantitative estimate of drug-likeness (QED) is 0.0471. The van der Waals surface area contributed by atoms with Gasteiger partial charge in [0.05, 0.1) is 29.8 Å². The fourth-order valence-corrected chi connectivity index (χ4v) is 10.4. The number of benzene rings is 3. The molecule has 67 heavy (non-hydrogen) atoms. The van der Waals surface area contributed by atoms with Crippen LogP contribution in [-0.2, 0) is 47.2 Å². The molecule has 21 heteroatoms. The molecule has 0 spiro atoms. The summed E-state index contributed by atoms with van der Waals surface area (Å²) in [6, 6.07) is 22.6. The molecule has 2 radical (unpaired) electrons. The van der Waals surface area contributed by atoms with E-state index in [2.05, 4.69) is 9.84 Å². The largest absolute Gasteiger partial charge is 0.471 e. The number of aliphatic hydroxyl groups excluding tert-OH is 1. The van der Waals surface area contributed by atoms with Crippen LogP contribution >= 0.6 is 7.82 Å². The summed E-state index contributed by atoms with van der Waals surface area (Å²) in [5.41, 5.74) is -7.79. The third-order valence-corrected chi connectivity index (χ3v) is 14.1. The van der Waals surface area contributed by atoms with Gasteiger partial charge in [-0.2, -0.15) is 0 Å². The summed E-state index contributed by atoms with van der Waals surface area (Å²) in [6.45, 7) is 5.39. The number of hydrogen-bond donors (Lipinski definition) is 6. The number of ether oxygens (including phenoxy) is 5. The first-order valence-corrected chi connectivity index (χ1v) is 22.4. The van der Waals surface area contributed by atoms with E-state index in [-0.39, 0.29) is 117 Å². The third kappa shape index (κ3) is 10.7. The molecule has 11 atom stereocenters. The first-order chi connectivity index (χ1) is 30.5. The molecule has 1 amide bonds. The van der Waals surface area contributed by atoms with Crippen LogP contribution in [0.25, 0.3) is 0 Å². The molecule has 4 aliphatic rings. The van der Waals surface area contributed by atoms with Crippen LogP contribution in [0.5, 0.6) is 0 Å².